The molecule has 0 spiro atoms. The molecular weight excluding hydrogens is 238 g/mol. The maximum Gasteiger partial charge on any atom is 0.150 e. The molecule has 0 fully saturated rings. The van der Waals surface area contributed by atoms with Gasteiger partial charge in [-0.05, 0) is 30.2 Å². The zero-order valence-corrected chi connectivity index (χ0v) is 11.8. The number of hydrogen-bond acceptors (Lipinski definition) is 4. The second kappa shape index (κ2) is 6.48. The van der Waals surface area contributed by atoms with Crippen LogP contribution >= 0.6 is 0 Å². The molecule has 0 saturated heterocycles. The molecule has 0 unspecified atom stereocenters. The highest BCUT2D eigenvalue weighted by atomic mass is 16.5. The molecule has 0 saturated carbocycles. The maximum atomic E-state index is 5.39. The molecule has 19 heavy (non-hydrogen) atoms. The van der Waals surface area contributed by atoms with Gasteiger partial charge < -0.3 is 4.52 Å². The van der Waals surface area contributed by atoms with E-state index in [2.05, 4.69) is 41.9 Å². The first-order valence-electron chi connectivity index (χ1n) is 6.75. The third kappa shape index (κ3) is 3.89. The van der Waals surface area contributed by atoms with Crippen molar-refractivity contribution in [3.8, 4) is 0 Å². The third-order valence-electron chi connectivity index (χ3n) is 3.15. The van der Waals surface area contributed by atoms with Gasteiger partial charge in [-0.2, -0.15) is 0 Å². The summed E-state index contributed by atoms with van der Waals surface area (Å²) in [6.45, 7) is 9.06. The van der Waals surface area contributed by atoms with E-state index in [1.54, 1.807) is 0 Å². The molecule has 4 heteroatoms. The molecule has 0 aliphatic carbocycles. The van der Waals surface area contributed by atoms with E-state index in [4.69, 9.17) is 4.52 Å². The second-order valence-electron chi connectivity index (χ2n) is 5.03. The summed E-state index contributed by atoms with van der Waals surface area (Å²) in [6.07, 6.45) is 3.66. The molecule has 0 aromatic carbocycles. The van der Waals surface area contributed by atoms with E-state index in [0.29, 0.717) is 5.92 Å². The minimum absolute atomic E-state index is 0.410. The largest absolute Gasteiger partial charge is 0.360 e. The molecular formula is C15H21N3O. The van der Waals surface area contributed by atoms with Gasteiger partial charge in [0.1, 0.15) is 0 Å². The molecule has 2 aromatic rings. The van der Waals surface area contributed by atoms with E-state index >= 15 is 0 Å². The molecule has 0 atom stereocenters. The molecule has 0 aliphatic rings. The number of nitrogens with zero attached hydrogens (tertiary/aromatic N) is 3. The van der Waals surface area contributed by atoms with Crippen LogP contribution in [0.3, 0.4) is 0 Å². The van der Waals surface area contributed by atoms with Crippen LogP contribution < -0.4 is 0 Å². The number of hydrogen-bond donors (Lipinski definition) is 0. The first-order chi connectivity index (χ1) is 9.19. The van der Waals surface area contributed by atoms with Gasteiger partial charge >= 0.3 is 0 Å². The van der Waals surface area contributed by atoms with Crippen LogP contribution in [0.1, 0.15) is 43.7 Å². The summed E-state index contributed by atoms with van der Waals surface area (Å²) in [7, 11) is 0. The van der Waals surface area contributed by atoms with E-state index in [9.17, 15) is 0 Å². The van der Waals surface area contributed by atoms with Crippen LogP contribution in [0.15, 0.2) is 35.1 Å². The molecule has 4 nitrogen and oxygen atoms in total. The van der Waals surface area contributed by atoms with Crippen molar-refractivity contribution < 1.29 is 4.52 Å². The Labute approximate surface area is 114 Å². The van der Waals surface area contributed by atoms with Crippen molar-refractivity contribution in [1.29, 1.82) is 0 Å². The van der Waals surface area contributed by atoms with Crippen LogP contribution in [0.4, 0.5) is 0 Å². The predicted molar refractivity (Wildman–Crippen MR) is 74.6 cm³/mol. The molecule has 102 valence electrons. The van der Waals surface area contributed by atoms with Gasteiger partial charge in [-0.15, -0.1) is 0 Å². The van der Waals surface area contributed by atoms with Gasteiger partial charge in [0.15, 0.2) is 5.76 Å². The van der Waals surface area contributed by atoms with Crippen molar-refractivity contribution >= 4 is 0 Å². The van der Waals surface area contributed by atoms with Crippen LogP contribution in [0, 0.1) is 0 Å². The summed E-state index contributed by atoms with van der Waals surface area (Å²) in [6, 6.07) is 6.14. The highest BCUT2D eigenvalue weighted by molar-refractivity contribution is 5.11. The van der Waals surface area contributed by atoms with E-state index in [1.165, 1.54) is 5.56 Å². The van der Waals surface area contributed by atoms with Gasteiger partial charge in [-0.1, -0.05) is 25.9 Å². The first-order valence-corrected chi connectivity index (χ1v) is 6.75. The lowest BCUT2D eigenvalue weighted by molar-refractivity contribution is 0.233. The van der Waals surface area contributed by atoms with Crippen molar-refractivity contribution in [2.45, 2.75) is 39.8 Å². The Kier molecular flexibility index (Phi) is 4.68. The Hall–Kier alpha value is -1.68. The second-order valence-corrected chi connectivity index (χ2v) is 5.03. The summed E-state index contributed by atoms with van der Waals surface area (Å²) in [5.41, 5.74) is 2.29. The van der Waals surface area contributed by atoms with Crippen LogP contribution in [0.25, 0.3) is 0 Å². The van der Waals surface area contributed by atoms with Gasteiger partial charge in [0.2, 0.25) is 0 Å². The quantitative estimate of drug-likeness (QED) is 0.799. The molecule has 0 aliphatic heterocycles. The number of aromatic nitrogens is 2. The maximum absolute atomic E-state index is 5.39. The van der Waals surface area contributed by atoms with Gasteiger partial charge in [0, 0.05) is 25.0 Å². The molecule has 0 N–H and O–H groups in total. The minimum atomic E-state index is 0.410. The lowest BCUT2D eigenvalue weighted by atomic mass is 10.1. The van der Waals surface area contributed by atoms with Crippen LogP contribution in [-0.4, -0.2) is 21.6 Å². The SMILES string of the molecule is CCN(Cc1ccncc1)Cc1cc(C(C)C)no1. The average molecular weight is 259 g/mol. The summed E-state index contributed by atoms with van der Waals surface area (Å²) < 4.78 is 5.39. The van der Waals surface area contributed by atoms with E-state index in [0.717, 1.165) is 31.1 Å². The summed E-state index contributed by atoms with van der Waals surface area (Å²) >= 11 is 0. The van der Waals surface area contributed by atoms with Crippen molar-refractivity contribution in [3.63, 3.8) is 0 Å². The van der Waals surface area contributed by atoms with E-state index in [1.807, 2.05) is 24.5 Å². The van der Waals surface area contributed by atoms with Crippen LogP contribution in [0.5, 0.6) is 0 Å². The topological polar surface area (TPSA) is 42.2 Å². The molecule has 0 radical (unpaired) electrons. The van der Waals surface area contributed by atoms with E-state index < -0.39 is 0 Å². The Morgan fingerprint density at radius 2 is 1.95 bits per heavy atom. The fourth-order valence-corrected chi connectivity index (χ4v) is 1.92. The van der Waals surface area contributed by atoms with Crippen molar-refractivity contribution in [1.82, 2.24) is 15.0 Å². The normalized spacial score (nSPS) is 11.4. The average Bonchev–Trinajstić information content (AvgIpc) is 2.88. The highest BCUT2D eigenvalue weighted by Gasteiger charge is 2.11. The Bertz CT molecular complexity index is 493. The van der Waals surface area contributed by atoms with Crippen molar-refractivity contribution in [2.24, 2.45) is 0 Å². The van der Waals surface area contributed by atoms with Crippen molar-refractivity contribution in [2.75, 3.05) is 6.54 Å². The third-order valence-corrected chi connectivity index (χ3v) is 3.15. The fraction of sp³-hybridized carbons (Fsp3) is 0.467. The van der Waals surface area contributed by atoms with Gasteiger partial charge in [0.25, 0.3) is 0 Å². The van der Waals surface area contributed by atoms with Gasteiger partial charge in [-0.3, -0.25) is 9.88 Å². The summed E-state index contributed by atoms with van der Waals surface area (Å²) in [4.78, 5) is 6.36. The van der Waals surface area contributed by atoms with Crippen LogP contribution in [0.2, 0.25) is 0 Å². The molecule has 2 aromatic heterocycles. The smallest absolute Gasteiger partial charge is 0.150 e. The highest BCUT2D eigenvalue weighted by Crippen LogP contribution is 2.16. The molecule has 0 bridgehead atoms. The molecule has 0 amide bonds. The lowest BCUT2D eigenvalue weighted by Crippen LogP contribution is -2.22. The fourth-order valence-electron chi connectivity index (χ4n) is 1.92. The van der Waals surface area contributed by atoms with E-state index in [-0.39, 0.29) is 0 Å². The Balaban J connectivity index is 1.98. The number of rotatable bonds is 6. The first kappa shape index (κ1) is 13.7. The zero-order chi connectivity index (χ0) is 13.7. The van der Waals surface area contributed by atoms with Gasteiger partial charge in [0.05, 0.1) is 12.2 Å². The Morgan fingerprint density at radius 1 is 1.21 bits per heavy atom. The minimum Gasteiger partial charge on any atom is -0.360 e. The molecule has 2 heterocycles. The lowest BCUT2D eigenvalue weighted by Gasteiger charge is -2.18. The number of pyridine rings is 1. The van der Waals surface area contributed by atoms with Crippen molar-refractivity contribution in [3.05, 3.63) is 47.6 Å². The predicted octanol–water partition coefficient (Wildman–Crippen LogP) is 3.22. The standard InChI is InChI=1S/C15H21N3O/c1-4-18(10-13-5-7-16-8-6-13)11-14-9-15(12(2)3)17-19-14/h5-9,12H,4,10-11H2,1-3H3. The van der Waals surface area contributed by atoms with Gasteiger partial charge in [-0.25, -0.2) is 0 Å². The van der Waals surface area contributed by atoms with Crippen LogP contribution in [-0.2, 0) is 13.1 Å². The summed E-state index contributed by atoms with van der Waals surface area (Å²) in [5.74, 6) is 1.34. The summed E-state index contributed by atoms with van der Waals surface area (Å²) in [5, 5.41) is 4.10. The monoisotopic (exact) mass is 259 g/mol. The Morgan fingerprint density at radius 3 is 2.53 bits per heavy atom. The zero-order valence-electron chi connectivity index (χ0n) is 11.8. The molecule has 2 rings (SSSR count).